The lowest BCUT2D eigenvalue weighted by Gasteiger charge is -2.25. The third kappa shape index (κ3) is 3.36. The van der Waals surface area contributed by atoms with E-state index < -0.39 is 17.7 Å². The highest BCUT2D eigenvalue weighted by atomic mass is 35.5. The third-order valence-electron chi connectivity index (χ3n) is 4.29. The van der Waals surface area contributed by atoms with Gasteiger partial charge in [0.25, 0.3) is 11.7 Å². The minimum absolute atomic E-state index is 0.0552. The topological polar surface area (TPSA) is 66.8 Å². The van der Waals surface area contributed by atoms with Crippen LogP contribution in [0.3, 0.4) is 0 Å². The van der Waals surface area contributed by atoms with E-state index in [1.165, 1.54) is 12.0 Å². The highest BCUT2D eigenvalue weighted by molar-refractivity contribution is 6.46. The molecule has 0 bridgehead atoms. The fraction of sp³-hybridized carbons (Fsp3) is 0.200. The minimum Gasteiger partial charge on any atom is -0.507 e. The number of methoxy groups -OCH3 is 1. The Morgan fingerprint density at radius 3 is 2.54 bits per heavy atom. The number of ketones is 1. The van der Waals surface area contributed by atoms with E-state index in [9.17, 15) is 14.7 Å². The van der Waals surface area contributed by atoms with Gasteiger partial charge in [-0.1, -0.05) is 54.1 Å². The molecule has 1 atom stereocenters. The number of Topliss-reactive ketones (excluding diaryl/α,β-unsaturated/α-hetero) is 1. The van der Waals surface area contributed by atoms with Crippen LogP contribution in [0.4, 0.5) is 0 Å². The molecule has 1 amide bonds. The Kier molecular flexibility index (Phi) is 5.40. The number of carbonyl (C=O) groups excluding carboxylic acids is 2. The Balaban J connectivity index is 2.16. The van der Waals surface area contributed by atoms with Crippen LogP contribution in [0.1, 0.15) is 17.2 Å². The minimum atomic E-state index is -0.715. The van der Waals surface area contributed by atoms with Gasteiger partial charge >= 0.3 is 0 Å². The largest absolute Gasteiger partial charge is 0.507 e. The van der Waals surface area contributed by atoms with Gasteiger partial charge in [-0.25, -0.2) is 0 Å². The zero-order valence-electron chi connectivity index (χ0n) is 14.2. The van der Waals surface area contributed by atoms with E-state index in [1.807, 2.05) is 30.3 Å². The van der Waals surface area contributed by atoms with Crippen LogP contribution in [-0.2, 0) is 14.3 Å². The number of benzene rings is 2. The number of aliphatic hydroxyl groups excluding tert-OH is 1. The van der Waals surface area contributed by atoms with Crippen LogP contribution in [0.5, 0.6) is 0 Å². The monoisotopic (exact) mass is 371 g/mol. The average molecular weight is 372 g/mol. The highest BCUT2D eigenvalue weighted by Crippen LogP contribution is 2.39. The van der Waals surface area contributed by atoms with E-state index in [1.54, 1.807) is 24.3 Å². The summed E-state index contributed by atoms with van der Waals surface area (Å²) in [7, 11) is 1.53. The number of hydrogen-bond acceptors (Lipinski definition) is 4. The van der Waals surface area contributed by atoms with Crippen molar-refractivity contribution in [3.63, 3.8) is 0 Å². The van der Waals surface area contributed by atoms with Crippen LogP contribution in [0, 0.1) is 0 Å². The van der Waals surface area contributed by atoms with E-state index in [0.29, 0.717) is 10.6 Å². The number of ether oxygens (including phenoxy) is 1. The molecule has 1 saturated heterocycles. The maximum absolute atomic E-state index is 12.7. The summed E-state index contributed by atoms with van der Waals surface area (Å²) in [5, 5.41) is 11.2. The number of likely N-dealkylation sites (tertiary alicyclic amines) is 1. The molecule has 3 rings (SSSR count). The lowest BCUT2D eigenvalue weighted by Crippen LogP contribution is -2.32. The number of hydrogen-bond donors (Lipinski definition) is 1. The van der Waals surface area contributed by atoms with Gasteiger partial charge in [0.15, 0.2) is 0 Å². The first-order valence-electron chi connectivity index (χ1n) is 8.13. The Morgan fingerprint density at radius 2 is 1.88 bits per heavy atom. The average Bonchev–Trinajstić information content (AvgIpc) is 2.91. The lowest BCUT2D eigenvalue weighted by molar-refractivity contribution is -0.140. The molecule has 2 aromatic rings. The SMILES string of the molecule is COCCN1C(=O)C(=O)/C(=C(\O)c2cccc(Cl)c2)C1c1ccccc1. The van der Waals surface area contributed by atoms with Crippen molar-refractivity contribution in [2.75, 3.05) is 20.3 Å². The molecule has 6 heteroatoms. The van der Waals surface area contributed by atoms with Gasteiger partial charge in [0.05, 0.1) is 18.2 Å². The van der Waals surface area contributed by atoms with Crippen LogP contribution < -0.4 is 0 Å². The molecule has 1 heterocycles. The van der Waals surface area contributed by atoms with Crippen molar-refractivity contribution in [3.05, 3.63) is 76.3 Å². The van der Waals surface area contributed by atoms with E-state index in [0.717, 1.165) is 5.56 Å². The van der Waals surface area contributed by atoms with Crippen molar-refractivity contribution in [1.82, 2.24) is 4.90 Å². The summed E-state index contributed by atoms with van der Waals surface area (Å²) in [4.78, 5) is 26.7. The van der Waals surface area contributed by atoms with Crippen molar-refractivity contribution >= 4 is 29.1 Å². The van der Waals surface area contributed by atoms with Crippen molar-refractivity contribution in [2.24, 2.45) is 0 Å². The molecule has 0 aliphatic carbocycles. The molecule has 1 aliphatic rings. The van der Waals surface area contributed by atoms with Crippen LogP contribution in [0.2, 0.25) is 5.02 Å². The van der Waals surface area contributed by atoms with Crippen LogP contribution in [0.15, 0.2) is 60.2 Å². The lowest BCUT2D eigenvalue weighted by atomic mass is 9.95. The quantitative estimate of drug-likeness (QED) is 0.497. The van der Waals surface area contributed by atoms with Crippen LogP contribution in [-0.4, -0.2) is 42.0 Å². The molecule has 2 aromatic carbocycles. The van der Waals surface area contributed by atoms with E-state index in [-0.39, 0.29) is 24.5 Å². The predicted molar refractivity (Wildman–Crippen MR) is 98.8 cm³/mol. The first-order valence-corrected chi connectivity index (χ1v) is 8.50. The molecular formula is C20H18ClNO4. The zero-order valence-corrected chi connectivity index (χ0v) is 14.9. The van der Waals surface area contributed by atoms with Gasteiger partial charge in [-0.05, 0) is 17.7 Å². The van der Waals surface area contributed by atoms with Crippen LogP contribution in [0.25, 0.3) is 5.76 Å². The van der Waals surface area contributed by atoms with Crippen LogP contribution >= 0.6 is 11.6 Å². The second-order valence-electron chi connectivity index (χ2n) is 5.91. The van der Waals surface area contributed by atoms with E-state index >= 15 is 0 Å². The summed E-state index contributed by atoms with van der Waals surface area (Å²) in [6, 6.07) is 15.0. The summed E-state index contributed by atoms with van der Waals surface area (Å²) >= 11 is 6.00. The summed E-state index contributed by atoms with van der Waals surface area (Å²) in [5.41, 5.74) is 1.19. The van der Waals surface area contributed by atoms with Crippen molar-refractivity contribution in [2.45, 2.75) is 6.04 Å². The summed E-state index contributed by atoms with van der Waals surface area (Å²) in [6.07, 6.45) is 0. The van der Waals surface area contributed by atoms with Gasteiger partial charge in [0.2, 0.25) is 0 Å². The molecular weight excluding hydrogens is 354 g/mol. The molecule has 5 nitrogen and oxygen atoms in total. The summed E-state index contributed by atoms with van der Waals surface area (Å²) < 4.78 is 5.07. The second kappa shape index (κ2) is 7.72. The first kappa shape index (κ1) is 18.2. The zero-order chi connectivity index (χ0) is 18.7. The Bertz CT molecular complexity index is 863. The summed E-state index contributed by atoms with van der Waals surface area (Å²) in [6.45, 7) is 0.528. The van der Waals surface area contributed by atoms with Gasteiger partial charge in [-0.3, -0.25) is 9.59 Å². The molecule has 0 aromatic heterocycles. The maximum Gasteiger partial charge on any atom is 0.295 e. The number of halogens is 1. The molecule has 1 aliphatic heterocycles. The highest BCUT2D eigenvalue weighted by Gasteiger charge is 2.45. The van der Waals surface area contributed by atoms with Gasteiger partial charge < -0.3 is 14.7 Å². The Labute approximate surface area is 156 Å². The van der Waals surface area contributed by atoms with Crippen molar-refractivity contribution in [1.29, 1.82) is 0 Å². The fourth-order valence-corrected chi connectivity index (χ4v) is 3.26. The standard InChI is InChI=1S/C20H18ClNO4/c1-26-11-10-22-17(13-6-3-2-4-7-13)16(19(24)20(22)25)18(23)14-8-5-9-15(21)12-14/h2-9,12,17,23H,10-11H2,1H3/b18-16-. The normalized spacial score (nSPS) is 19.2. The Morgan fingerprint density at radius 1 is 1.15 bits per heavy atom. The number of carbonyl (C=O) groups is 2. The smallest absolute Gasteiger partial charge is 0.295 e. The molecule has 1 unspecified atom stereocenters. The molecule has 0 spiro atoms. The third-order valence-corrected chi connectivity index (χ3v) is 4.52. The van der Waals surface area contributed by atoms with Crippen molar-refractivity contribution < 1.29 is 19.4 Å². The van der Waals surface area contributed by atoms with Gasteiger partial charge in [0.1, 0.15) is 5.76 Å². The number of aliphatic hydroxyl groups is 1. The fourth-order valence-electron chi connectivity index (χ4n) is 3.07. The maximum atomic E-state index is 12.7. The molecule has 1 fully saturated rings. The predicted octanol–water partition coefficient (Wildman–Crippen LogP) is 3.41. The molecule has 0 radical (unpaired) electrons. The number of nitrogens with zero attached hydrogens (tertiary/aromatic N) is 1. The number of rotatable bonds is 5. The summed E-state index contributed by atoms with van der Waals surface area (Å²) in [5.74, 6) is -1.61. The van der Waals surface area contributed by atoms with Gasteiger partial charge in [0, 0.05) is 24.2 Å². The molecule has 134 valence electrons. The first-order chi connectivity index (χ1) is 12.5. The molecule has 26 heavy (non-hydrogen) atoms. The van der Waals surface area contributed by atoms with Crippen molar-refractivity contribution in [3.8, 4) is 0 Å². The molecule has 0 saturated carbocycles. The Hall–Kier alpha value is -2.63. The number of amides is 1. The second-order valence-corrected chi connectivity index (χ2v) is 6.34. The molecule has 1 N–H and O–H groups in total. The van der Waals surface area contributed by atoms with E-state index in [2.05, 4.69) is 0 Å². The van der Waals surface area contributed by atoms with E-state index in [4.69, 9.17) is 16.3 Å². The van der Waals surface area contributed by atoms with Gasteiger partial charge in [-0.2, -0.15) is 0 Å². The van der Waals surface area contributed by atoms with Gasteiger partial charge in [-0.15, -0.1) is 0 Å².